The minimum absolute atomic E-state index is 0.115. The van der Waals surface area contributed by atoms with Crippen LogP contribution in [0.5, 0.6) is 0 Å². The van der Waals surface area contributed by atoms with Gasteiger partial charge in [0.25, 0.3) is 0 Å². The normalized spacial score (nSPS) is 19.8. The van der Waals surface area contributed by atoms with Crippen molar-refractivity contribution in [3.8, 4) is 0 Å². The Labute approximate surface area is 125 Å². The van der Waals surface area contributed by atoms with Crippen molar-refractivity contribution in [1.29, 1.82) is 0 Å². The number of hydrogen-bond acceptors (Lipinski definition) is 3. The molecular formula is C14H25N3O4. The number of urea groups is 1. The average Bonchev–Trinajstić information content (AvgIpc) is 2.45. The van der Waals surface area contributed by atoms with E-state index >= 15 is 0 Å². The lowest BCUT2D eigenvalue weighted by atomic mass is 9.96. The number of hydrogen-bond donors (Lipinski definition) is 2. The molecule has 1 rings (SSSR count). The molecule has 120 valence electrons. The third-order valence-corrected chi connectivity index (χ3v) is 3.64. The molecule has 2 atom stereocenters. The zero-order valence-electron chi connectivity index (χ0n) is 13.0. The second-order valence-electron chi connectivity index (χ2n) is 5.65. The van der Waals surface area contributed by atoms with Crippen molar-refractivity contribution in [1.82, 2.24) is 15.1 Å². The molecule has 1 fully saturated rings. The third-order valence-electron chi connectivity index (χ3n) is 3.64. The van der Waals surface area contributed by atoms with E-state index < -0.39 is 12.0 Å². The molecule has 1 saturated heterocycles. The maximum Gasteiger partial charge on any atom is 0.326 e. The van der Waals surface area contributed by atoms with Crippen molar-refractivity contribution >= 4 is 17.9 Å². The molecule has 2 N–H and O–H groups in total. The summed E-state index contributed by atoms with van der Waals surface area (Å²) in [5, 5.41) is 11.7. The van der Waals surface area contributed by atoms with Crippen molar-refractivity contribution in [3.05, 3.63) is 0 Å². The molecule has 7 heteroatoms. The number of likely N-dealkylation sites (tertiary alicyclic amines) is 1. The summed E-state index contributed by atoms with van der Waals surface area (Å²) in [6.07, 6.45) is 2.53. The van der Waals surface area contributed by atoms with Crippen LogP contribution in [0.2, 0.25) is 0 Å². The summed E-state index contributed by atoms with van der Waals surface area (Å²) in [6.45, 7) is 2.86. The molecule has 0 aromatic carbocycles. The Kier molecular flexibility index (Phi) is 6.45. The highest BCUT2D eigenvalue weighted by Crippen LogP contribution is 2.18. The van der Waals surface area contributed by atoms with Crippen molar-refractivity contribution in [2.75, 3.05) is 27.2 Å². The lowest BCUT2D eigenvalue weighted by molar-refractivity contribution is -0.143. The number of nitrogens with one attached hydrogen (secondary N) is 1. The van der Waals surface area contributed by atoms with E-state index in [1.165, 1.54) is 4.90 Å². The van der Waals surface area contributed by atoms with E-state index in [1.807, 2.05) is 6.92 Å². The summed E-state index contributed by atoms with van der Waals surface area (Å²) >= 11 is 0. The number of nitrogens with zero attached hydrogens (tertiary/aromatic N) is 2. The predicted octanol–water partition coefficient (Wildman–Crippen LogP) is 0.750. The van der Waals surface area contributed by atoms with Crippen LogP contribution in [-0.2, 0) is 9.59 Å². The SMILES string of the molecule is CCC[C@@H](NC(=O)C1CCCN(C(=O)N(C)C)C1)C(=O)O. The molecule has 1 heterocycles. The molecule has 1 aliphatic heterocycles. The highest BCUT2D eigenvalue weighted by molar-refractivity contribution is 5.85. The summed E-state index contributed by atoms with van der Waals surface area (Å²) in [5.74, 6) is -1.62. The van der Waals surface area contributed by atoms with Crippen molar-refractivity contribution in [2.45, 2.75) is 38.6 Å². The van der Waals surface area contributed by atoms with E-state index in [-0.39, 0.29) is 17.9 Å². The molecule has 0 spiro atoms. The number of carboxylic acid groups (broad SMARTS) is 1. The minimum atomic E-state index is -1.01. The fraction of sp³-hybridized carbons (Fsp3) is 0.786. The molecule has 3 amide bonds. The number of carbonyl (C=O) groups is 3. The summed E-state index contributed by atoms with van der Waals surface area (Å²) in [5.41, 5.74) is 0. The monoisotopic (exact) mass is 299 g/mol. The van der Waals surface area contributed by atoms with E-state index in [9.17, 15) is 14.4 Å². The Morgan fingerprint density at radius 1 is 1.38 bits per heavy atom. The Morgan fingerprint density at radius 2 is 2.05 bits per heavy atom. The molecule has 1 aliphatic rings. The van der Waals surface area contributed by atoms with Gasteiger partial charge in [0.15, 0.2) is 0 Å². The molecule has 0 saturated carbocycles. The number of amides is 3. The van der Waals surface area contributed by atoms with E-state index in [0.29, 0.717) is 32.4 Å². The van der Waals surface area contributed by atoms with Gasteiger partial charge in [-0.2, -0.15) is 0 Å². The van der Waals surface area contributed by atoms with Crippen LogP contribution in [0.25, 0.3) is 0 Å². The second kappa shape index (κ2) is 7.85. The van der Waals surface area contributed by atoms with Gasteiger partial charge in [0.05, 0.1) is 5.92 Å². The van der Waals surface area contributed by atoms with Crippen LogP contribution in [0, 0.1) is 5.92 Å². The highest BCUT2D eigenvalue weighted by Gasteiger charge is 2.31. The van der Waals surface area contributed by atoms with Gasteiger partial charge in [0.2, 0.25) is 5.91 Å². The van der Waals surface area contributed by atoms with Gasteiger partial charge >= 0.3 is 12.0 Å². The maximum absolute atomic E-state index is 12.2. The summed E-state index contributed by atoms with van der Waals surface area (Å²) in [4.78, 5) is 38.3. The predicted molar refractivity (Wildman–Crippen MR) is 77.9 cm³/mol. The van der Waals surface area contributed by atoms with Crippen LogP contribution in [-0.4, -0.2) is 66.0 Å². The number of carbonyl (C=O) groups excluding carboxylic acids is 2. The molecule has 0 aromatic rings. The minimum Gasteiger partial charge on any atom is -0.480 e. The molecule has 0 radical (unpaired) electrons. The Balaban J connectivity index is 2.61. The first kappa shape index (κ1) is 17.3. The van der Waals surface area contributed by atoms with Crippen LogP contribution < -0.4 is 5.32 Å². The average molecular weight is 299 g/mol. The fourth-order valence-electron chi connectivity index (χ4n) is 2.48. The lowest BCUT2D eigenvalue weighted by Gasteiger charge is -2.34. The molecule has 7 nitrogen and oxygen atoms in total. The number of carboxylic acids is 1. The van der Waals surface area contributed by atoms with Gasteiger partial charge in [-0.1, -0.05) is 13.3 Å². The first-order valence-electron chi connectivity index (χ1n) is 7.36. The van der Waals surface area contributed by atoms with Crippen LogP contribution >= 0.6 is 0 Å². The fourth-order valence-corrected chi connectivity index (χ4v) is 2.48. The van der Waals surface area contributed by atoms with Gasteiger partial charge in [0, 0.05) is 27.2 Å². The smallest absolute Gasteiger partial charge is 0.326 e. The van der Waals surface area contributed by atoms with Crippen LogP contribution in [0.1, 0.15) is 32.6 Å². The Bertz CT molecular complexity index is 398. The summed E-state index contributed by atoms with van der Waals surface area (Å²) < 4.78 is 0. The van der Waals surface area contributed by atoms with Gasteiger partial charge in [-0.15, -0.1) is 0 Å². The van der Waals surface area contributed by atoms with Crippen molar-refractivity contribution in [2.24, 2.45) is 5.92 Å². The lowest BCUT2D eigenvalue weighted by Crippen LogP contribution is -2.51. The molecular weight excluding hydrogens is 274 g/mol. The topological polar surface area (TPSA) is 90.0 Å². The van der Waals surface area contributed by atoms with Gasteiger partial charge in [-0.3, -0.25) is 4.79 Å². The van der Waals surface area contributed by atoms with E-state index in [1.54, 1.807) is 19.0 Å². The Hall–Kier alpha value is -1.79. The highest BCUT2D eigenvalue weighted by atomic mass is 16.4. The van der Waals surface area contributed by atoms with Crippen molar-refractivity contribution in [3.63, 3.8) is 0 Å². The Morgan fingerprint density at radius 3 is 2.57 bits per heavy atom. The van der Waals surface area contributed by atoms with Crippen LogP contribution in [0.15, 0.2) is 0 Å². The van der Waals surface area contributed by atoms with Gasteiger partial charge < -0.3 is 20.2 Å². The van der Waals surface area contributed by atoms with Crippen molar-refractivity contribution < 1.29 is 19.5 Å². The van der Waals surface area contributed by atoms with Gasteiger partial charge in [0.1, 0.15) is 6.04 Å². The number of piperidine rings is 1. The second-order valence-corrected chi connectivity index (χ2v) is 5.65. The standard InChI is InChI=1S/C14H25N3O4/c1-4-6-11(13(19)20)15-12(18)10-7-5-8-17(9-10)14(21)16(2)3/h10-11H,4-9H2,1-3H3,(H,15,18)(H,19,20)/t10?,11-/m1/s1. The van der Waals surface area contributed by atoms with Gasteiger partial charge in [-0.25, -0.2) is 9.59 Å². The zero-order valence-corrected chi connectivity index (χ0v) is 13.0. The summed E-state index contributed by atoms with van der Waals surface area (Å²) in [6, 6.07) is -0.960. The first-order valence-corrected chi connectivity index (χ1v) is 7.36. The largest absolute Gasteiger partial charge is 0.480 e. The van der Waals surface area contributed by atoms with E-state index in [4.69, 9.17) is 5.11 Å². The van der Waals surface area contributed by atoms with Crippen LogP contribution in [0.4, 0.5) is 4.79 Å². The molecule has 0 aliphatic carbocycles. The number of aliphatic carboxylic acids is 1. The van der Waals surface area contributed by atoms with E-state index in [0.717, 1.165) is 6.42 Å². The molecule has 0 aromatic heterocycles. The van der Waals surface area contributed by atoms with Crippen LogP contribution in [0.3, 0.4) is 0 Å². The maximum atomic E-state index is 12.2. The molecule has 1 unspecified atom stereocenters. The van der Waals surface area contributed by atoms with Gasteiger partial charge in [-0.05, 0) is 19.3 Å². The molecule has 0 bridgehead atoms. The third kappa shape index (κ3) is 4.91. The number of rotatable bonds is 5. The quantitative estimate of drug-likeness (QED) is 0.784. The zero-order chi connectivity index (χ0) is 16.0. The summed E-state index contributed by atoms with van der Waals surface area (Å²) in [7, 11) is 3.35. The first-order chi connectivity index (χ1) is 9.86. The molecule has 21 heavy (non-hydrogen) atoms. The van der Waals surface area contributed by atoms with E-state index in [2.05, 4.69) is 5.32 Å².